The zero-order valence-electron chi connectivity index (χ0n) is 17.4. The van der Waals surface area contributed by atoms with Gasteiger partial charge in [0.2, 0.25) is 5.95 Å². The second-order valence-corrected chi connectivity index (χ2v) is 8.69. The number of rotatable bonds is 4. The molecule has 0 radical (unpaired) electrons. The number of benzene rings is 1. The molecule has 1 aliphatic rings. The molecular weight excluding hydrogens is 408 g/mol. The lowest BCUT2D eigenvalue weighted by Crippen LogP contribution is -2.44. The zero-order valence-corrected chi connectivity index (χ0v) is 18.2. The molecule has 8 heteroatoms. The second-order valence-electron chi connectivity index (χ2n) is 7.88. The molecular formula is C23H24N6OS. The Hall–Kier alpha value is -3.15. The summed E-state index contributed by atoms with van der Waals surface area (Å²) in [6.07, 6.45) is 3.85. The number of nitrogens with two attached hydrogens (primary N) is 1. The van der Waals surface area contributed by atoms with E-state index in [1.165, 1.54) is 11.5 Å². The molecule has 0 bridgehead atoms. The summed E-state index contributed by atoms with van der Waals surface area (Å²) in [5.41, 5.74) is 8.31. The first-order chi connectivity index (χ1) is 15.2. The fraction of sp³-hybridized carbons (Fsp3) is 0.348. The minimum atomic E-state index is -0.0763. The number of hydrogen-bond donors (Lipinski definition) is 1. The molecule has 2 N–H and O–H groups in total. The first-order valence-corrected chi connectivity index (χ1v) is 11.3. The maximum Gasteiger partial charge on any atom is 0.277 e. The molecule has 4 aromatic rings. The van der Waals surface area contributed by atoms with Gasteiger partial charge in [-0.15, -0.1) is 5.92 Å². The highest BCUT2D eigenvalue weighted by Gasteiger charge is 2.24. The Morgan fingerprint density at radius 1 is 1.29 bits per heavy atom. The highest BCUT2D eigenvalue weighted by atomic mass is 32.1. The molecule has 5 rings (SSSR count). The van der Waals surface area contributed by atoms with Gasteiger partial charge in [0.1, 0.15) is 5.52 Å². The largest absolute Gasteiger partial charge is 0.341 e. The predicted octanol–water partition coefficient (Wildman–Crippen LogP) is 2.81. The predicted molar refractivity (Wildman–Crippen MR) is 126 cm³/mol. The lowest BCUT2D eigenvalue weighted by Gasteiger charge is -2.31. The summed E-state index contributed by atoms with van der Waals surface area (Å²) in [5.74, 6) is 6.83. The van der Waals surface area contributed by atoms with Crippen molar-refractivity contribution < 1.29 is 0 Å². The van der Waals surface area contributed by atoms with E-state index >= 15 is 0 Å². The molecule has 1 saturated heterocycles. The third-order valence-corrected chi connectivity index (χ3v) is 6.64. The van der Waals surface area contributed by atoms with Gasteiger partial charge in [-0.2, -0.15) is 4.37 Å². The molecule has 31 heavy (non-hydrogen) atoms. The van der Waals surface area contributed by atoms with Gasteiger partial charge in [-0.3, -0.25) is 9.36 Å². The van der Waals surface area contributed by atoms with Gasteiger partial charge in [0.15, 0.2) is 0 Å². The highest BCUT2D eigenvalue weighted by molar-refractivity contribution is 7.13. The maximum absolute atomic E-state index is 13.5. The van der Waals surface area contributed by atoms with Gasteiger partial charge in [0, 0.05) is 30.7 Å². The lowest BCUT2D eigenvalue weighted by molar-refractivity contribution is 0.496. The maximum atomic E-state index is 13.5. The quantitative estimate of drug-likeness (QED) is 0.502. The Labute approximate surface area is 184 Å². The van der Waals surface area contributed by atoms with Gasteiger partial charge in [-0.25, -0.2) is 4.98 Å². The van der Waals surface area contributed by atoms with Crippen molar-refractivity contribution in [1.82, 2.24) is 18.5 Å². The molecule has 7 nitrogen and oxygen atoms in total. The summed E-state index contributed by atoms with van der Waals surface area (Å²) in [7, 11) is 0. The average Bonchev–Trinajstić information content (AvgIpc) is 3.36. The van der Waals surface area contributed by atoms with E-state index in [9.17, 15) is 4.79 Å². The van der Waals surface area contributed by atoms with Gasteiger partial charge in [-0.05, 0) is 43.4 Å². The SMILES string of the molecule is CC#CCn1c(N2CCCC(N)C2)nc2ccn(Cc3nsc4ccccc34)c(=O)c21. The standard InChI is InChI=1S/C23H24N6OS/c1-2-3-12-29-21-18(25-23(29)28-11-6-7-16(24)14-28)10-13-27(22(21)30)15-19-17-8-4-5-9-20(17)31-26-19/h4-5,8-10,13,16H,6-7,11-12,14-15,24H2,1H3. The van der Waals surface area contributed by atoms with Crippen LogP contribution in [0.25, 0.3) is 21.1 Å². The molecule has 1 aromatic carbocycles. The van der Waals surface area contributed by atoms with Crippen LogP contribution in [0.4, 0.5) is 5.95 Å². The van der Waals surface area contributed by atoms with Crippen molar-refractivity contribution in [2.45, 2.75) is 38.9 Å². The summed E-state index contributed by atoms with van der Waals surface area (Å²) in [5, 5.41) is 1.09. The van der Waals surface area contributed by atoms with Crippen LogP contribution >= 0.6 is 11.5 Å². The summed E-state index contributed by atoms with van der Waals surface area (Å²) in [6, 6.07) is 10.1. The number of anilines is 1. The van der Waals surface area contributed by atoms with Crippen molar-refractivity contribution in [3.8, 4) is 11.8 Å². The fourth-order valence-electron chi connectivity index (χ4n) is 4.24. The first kappa shape index (κ1) is 19.8. The van der Waals surface area contributed by atoms with E-state index in [1.807, 2.05) is 29.0 Å². The van der Waals surface area contributed by atoms with Gasteiger partial charge in [0.05, 0.1) is 29.0 Å². The number of aromatic nitrogens is 4. The zero-order chi connectivity index (χ0) is 21.4. The van der Waals surface area contributed by atoms with Crippen LogP contribution in [0.15, 0.2) is 41.3 Å². The lowest BCUT2D eigenvalue weighted by atomic mass is 10.1. The van der Waals surface area contributed by atoms with Crippen LogP contribution in [0.2, 0.25) is 0 Å². The molecule has 0 spiro atoms. The van der Waals surface area contributed by atoms with Crippen molar-refractivity contribution in [3.63, 3.8) is 0 Å². The van der Waals surface area contributed by atoms with Crippen LogP contribution in [-0.2, 0) is 13.1 Å². The fourth-order valence-corrected chi connectivity index (χ4v) is 5.03. The van der Waals surface area contributed by atoms with Crippen molar-refractivity contribution in [2.24, 2.45) is 5.73 Å². The molecule has 1 fully saturated rings. The Bertz CT molecular complexity index is 1370. The van der Waals surface area contributed by atoms with Crippen molar-refractivity contribution in [1.29, 1.82) is 0 Å². The number of hydrogen-bond acceptors (Lipinski definition) is 6. The van der Waals surface area contributed by atoms with Crippen LogP contribution in [0.1, 0.15) is 25.5 Å². The van der Waals surface area contributed by atoms with Crippen molar-refractivity contribution in [3.05, 3.63) is 52.6 Å². The monoisotopic (exact) mass is 432 g/mol. The third kappa shape index (κ3) is 3.60. The molecule has 1 unspecified atom stereocenters. The average molecular weight is 433 g/mol. The van der Waals surface area contributed by atoms with Crippen molar-refractivity contribution in [2.75, 3.05) is 18.0 Å². The summed E-state index contributed by atoms with van der Waals surface area (Å²) in [6.45, 7) is 4.28. The second kappa shape index (κ2) is 8.17. The molecule has 0 aliphatic carbocycles. The van der Waals surface area contributed by atoms with Crippen LogP contribution in [0.5, 0.6) is 0 Å². The van der Waals surface area contributed by atoms with E-state index in [4.69, 9.17) is 10.7 Å². The van der Waals surface area contributed by atoms with Crippen molar-refractivity contribution >= 4 is 38.6 Å². The van der Waals surface area contributed by atoms with Gasteiger partial charge in [-0.1, -0.05) is 24.1 Å². The Kier molecular flexibility index (Phi) is 5.22. The van der Waals surface area contributed by atoms with Gasteiger partial charge >= 0.3 is 0 Å². The molecule has 1 atom stereocenters. The van der Waals surface area contributed by atoms with E-state index in [-0.39, 0.29) is 11.6 Å². The number of piperidine rings is 1. The number of imidazole rings is 1. The molecule has 3 aromatic heterocycles. The van der Waals surface area contributed by atoms with Gasteiger partial charge in [0.25, 0.3) is 5.56 Å². The summed E-state index contributed by atoms with van der Waals surface area (Å²) >= 11 is 1.46. The Morgan fingerprint density at radius 2 is 2.16 bits per heavy atom. The topological polar surface area (TPSA) is 82.0 Å². The number of fused-ring (bicyclic) bond motifs is 2. The third-order valence-electron chi connectivity index (χ3n) is 5.78. The van der Waals surface area contributed by atoms with E-state index < -0.39 is 0 Å². The molecule has 0 amide bonds. The summed E-state index contributed by atoms with van der Waals surface area (Å²) < 4.78 is 9.37. The highest BCUT2D eigenvalue weighted by Crippen LogP contribution is 2.25. The first-order valence-electron chi connectivity index (χ1n) is 10.5. The minimum absolute atomic E-state index is 0.0763. The van der Waals surface area contributed by atoms with E-state index in [1.54, 1.807) is 11.5 Å². The molecule has 0 saturated carbocycles. The minimum Gasteiger partial charge on any atom is -0.341 e. The van der Waals surface area contributed by atoms with E-state index in [0.29, 0.717) is 24.1 Å². The summed E-state index contributed by atoms with van der Waals surface area (Å²) in [4.78, 5) is 20.5. The van der Waals surface area contributed by atoms with Crippen LogP contribution in [0.3, 0.4) is 0 Å². The van der Waals surface area contributed by atoms with E-state index in [2.05, 4.69) is 33.2 Å². The van der Waals surface area contributed by atoms with Crippen LogP contribution in [-0.4, -0.2) is 37.6 Å². The van der Waals surface area contributed by atoms with Crippen LogP contribution < -0.4 is 16.2 Å². The van der Waals surface area contributed by atoms with E-state index in [0.717, 1.165) is 47.7 Å². The van der Waals surface area contributed by atoms with Crippen LogP contribution in [0, 0.1) is 11.8 Å². The Morgan fingerprint density at radius 3 is 3.00 bits per heavy atom. The number of nitrogens with zero attached hydrogens (tertiary/aromatic N) is 5. The number of pyridine rings is 1. The normalized spacial score (nSPS) is 16.6. The smallest absolute Gasteiger partial charge is 0.277 e. The van der Waals surface area contributed by atoms with Gasteiger partial charge < -0.3 is 15.2 Å². The molecule has 1 aliphatic heterocycles. The molecule has 4 heterocycles. The molecule has 158 valence electrons. The Balaban J connectivity index is 1.61.